The van der Waals surface area contributed by atoms with Crippen molar-refractivity contribution in [1.29, 1.82) is 0 Å². The first kappa shape index (κ1) is 10.8. The SMILES string of the molecule is CC1(C(=O)O)N=NC(C(=O)O)=C1C(=O)O. The first-order chi connectivity index (χ1) is 6.80. The lowest BCUT2D eigenvalue weighted by Gasteiger charge is -2.14. The van der Waals surface area contributed by atoms with Crippen molar-refractivity contribution in [3.05, 3.63) is 11.3 Å². The van der Waals surface area contributed by atoms with Gasteiger partial charge in [-0.3, -0.25) is 0 Å². The molecule has 1 rings (SSSR count). The van der Waals surface area contributed by atoms with Gasteiger partial charge < -0.3 is 15.3 Å². The minimum absolute atomic E-state index is 0.845. The second-order valence-corrected chi connectivity index (χ2v) is 2.91. The summed E-state index contributed by atoms with van der Waals surface area (Å²) in [5.74, 6) is -4.86. The van der Waals surface area contributed by atoms with Crippen molar-refractivity contribution < 1.29 is 29.7 Å². The second-order valence-electron chi connectivity index (χ2n) is 2.91. The van der Waals surface area contributed by atoms with Crippen LogP contribution in [0.5, 0.6) is 0 Å². The molecule has 1 aliphatic heterocycles. The van der Waals surface area contributed by atoms with Gasteiger partial charge in [-0.1, -0.05) is 0 Å². The zero-order chi connectivity index (χ0) is 11.8. The summed E-state index contributed by atoms with van der Waals surface area (Å²) in [5, 5.41) is 32.3. The Hall–Kier alpha value is -2.25. The van der Waals surface area contributed by atoms with Crippen LogP contribution in [0.4, 0.5) is 0 Å². The lowest BCUT2D eigenvalue weighted by Crippen LogP contribution is -2.37. The van der Waals surface area contributed by atoms with Gasteiger partial charge in [0.2, 0.25) is 5.54 Å². The number of azo groups is 1. The normalized spacial score (nSPS) is 24.3. The van der Waals surface area contributed by atoms with E-state index < -0.39 is 34.7 Å². The summed E-state index contributed by atoms with van der Waals surface area (Å²) in [6.45, 7) is 0.970. The van der Waals surface area contributed by atoms with E-state index in [1.807, 2.05) is 0 Å². The molecule has 8 heteroatoms. The van der Waals surface area contributed by atoms with Crippen LogP contribution in [-0.4, -0.2) is 38.8 Å². The van der Waals surface area contributed by atoms with E-state index in [0.29, 0.717) is 0 Å². The predicted molar refractivity (Wildman–Crippen MR) is 43.2 cm³/mol. The van der Waals surface area contributed by atoms with Gasteiger partial charge in [0.25, 0.3) is 0 Å². The average Bonchev–Trinajstić information content (AvgIpc) is 2.44. The topological polar surface area (TPSA) is 137 Å². The molecule has 0 aliphatic carbocycles. The Kier molecular flexibility index (Phi) is 2.28. The Morgan fingerprint density at radius 3 is 2.00 bits per heavy atom. The predicted octanol–water partition coefficient (Wildman–Crippen LogP) is -0.281. The summed E-state index contributed by atoms with van der Waals surface area (Å²) in [5.41, 5.74) is -3.84. The third-order valence-electron chi connectivity index (χ3n) is 1.91. The van der Waals surface area contributed by atoms with Crippen LogP contribution in [0.2, 0.25) is 0 Å². The van der Waals surface area contributed by atoms with E-state index in [1.54, 1.807) is 0 Å². The fourth-order valence-electron chi connectivity index (χ4n) is 1.09. The summed E-state index contributed by atoms with van der Waals surface area (Å²) in [6.07, 6.45) is 0. The van der Waals surface area contributed by atoms with Crippen molar-refractivity contribution in [2.75, 3.05) is 0 Å². The number of aliphatic carboxylic acids is 3. The van der Waals surface area contributed by atoms with Gasteiger partial charge in [-0.25, -0.2) is 14.4 Å². The summed E-state index contributed by atoms with van der Waals surface area (Å²) in [6, 6.07) is 0. The Labute approximate surface area is 82.5 Å². The van der Waals surface area contributed by atoms with Crippen molar-refractivity contribution in [3.8, 4) is 0 Å². The van der Waals surface area contributed by atoms with Gasteiger partial charge in [-0.15, -0.1) is 5.11 Å². The monoisotopic (exact) mass is 214 g/mol. The Bertz CT molecular complexity index is 423. The Balaban J connectivity index is 3.41. The summed E-state index contributed by atoms with van der Waals surface area (Å²) in [7, 11) is 0. The fraction of sp³-hybridized carbons (Fsp3) is 0.286. The smallest absolute Gasteiger partial charge is 0.357 e. The van der Waals surface area contributed by atoms with Crippen molar-refractivity contribution in [3.63, 3.8) is 0 Å². The number of hydrogen-bond donors (Lipinski definition) is 3. The van der Waals surface area contributed by atoms with Crippen LogP contribution in [0.3, 0.4) is 0 Å². The van der Waals surface area contributed by atoms with E-state index >= 15 is 0 Å². The molecule has 0 radical (unpaired) electrons. The maximum absolute atomic E-state index is 10.8. The molecule has 1 atom stereocenters. The molecule has 0 aromatic carbocycles. The van der Waals surface area contributed by atoms with Gasteiger partial charge >= 0.3 is 17.9 Å². The van der Waals surface area contributed by atoms with E-state index in [4.69, 9.17) is 15.3 Å². The van der Waals surface area contributed by atoms with Gasteiger partial charge in [-0.05, 0) is 6.92 Å². The molecule has 1 aliphatic rings. The first-order valence-electron chi connectivity index (χ1n) is 3.68. The molecule has 8 nitrogen and oxygen atoms in total. The zero-order valence-electron chi connectivity index (χ0n) is 7.46. The maximum atomic E-state index is 10.8. The van der Waals surface area contributed by atoms with Gasteiger partial charge in [-0.2, -0.15) is 5.11 Å². The third kappa shape index (κ3) is 1.45. The van der Waals surface area contributed by atoms with Gasteiger partial charge in [0.05, 0.1) is 0 Å². The van der Waals surface area contributed by atoms with E-state index in [2.05, 4.69) is 10.2 Å². The molecular weight excluding hydrogens is 208 g/mol. The van der Waals surface area contributed by atoms with E-state index in [0.717, 1.165) is 6.92 Å². The van der Waals surface area contributed by atoms with Crippen LogP contribution in [0.15, 0.2) is 21.5 Å². The molecule has 80 valence electrons. The van der Waals surface area contributed by atoms with Crippen LogP contribution in [0, 0.1) is 0 Å². The standard InChI is InChI=1S/C7H6N2O6/c1-7(6(14)15)2(4(10)11)3(5(12)13)8-9-7/h1H3,(H,10,11)(H,12,13)(H,14,15). The molecule has 0 saturated carbocycles. The number of rotatable bonds is 3. The molecule has 1 heterocycles. The fourth-order valence-corrected chi connectivity index (χ4v) is 1.09. The molecule has 3 N–H and O–H groups in total. The quantitative estimate of drug-likeness (QED) is 0.590. The van der Waals surface area contributed by atoms with Crippen LogP contribution in [0.1, 0.15) is 6.92 Å². The van der Waals surface area contributed by atoms with Crippen LogP contribution >= 0.6 is 0 Å². The highest BCUT2D eigenvalue weighted by Gasteiger charge is 2.49. The van der Waals surface area contributed by atoms with Crippen LogP contribution in [0.25, 0.3) is 0 Å². The minimum atomic E-state index is -2.14. The highest BCUT2D eigenvalue weighted by atomic mass is 16.4. The molecule has 0 bridgehead atoms. The van der Waals surface area contributed by atoms with Gasteiger partial charge in [0, 0.05) is 0 Å². The molecule has 0 aromatic heterocycles. The lowest BCUT2D eigenvalue weighted by atomic mass is 9.92. The Morgan fingerprint density at radius 2 is 1.67 bits per heavy atom. The molecule has 0 aromatic rings. The minimum Gasteiger partial charge on any atom is -0.479 e. The van der Waals surface area contributed by atoms with E-state index in [1.165, 1.54) is 0 Å². The highest BCUT2D eigenvalue weighted by molar-refractivity contribution is 6.06. The molecular formula is C7H6N2O6. The molecule has 15 heavy (non-hydrogen) atoms. The zero-order valence-corrected chi connectivity index (χ0v) is 7.46. The molecule has 0 spiro atoms. The first-order valence-corrected chi connectivity index (χ1v) is 3.68. The van der Waals surface area contributed by atoms with Crippen LogP contribution < -0.4 is 0 Å². The summed E-state index contributed by atoms with van der Waals surface area (Å²) >= 11 is 0. The molecule has 1 unspecified atom stereocenters. The van der Waals surface area contributed by atoms with Gasteiger partial charge in [0.1, 0.15) is 5.57 Å². The highest BCUT2D eigenvalue weighted by Crippen LogP contribution is 2.32. The number of carboxylic acid groups (broad SMARTS) is 3. The number of hydrogen-bond acceptors (Lipinski definition) is 5. The maximum Gasteiger partial charge on any atom is 0.357 e. The van der Waals surface area contributed by atoms with E-state index in [-0.39, 0.29) is 0 Å². The average molecular weight is 214 g/mol. The largest absolute Gasteiger partial charge is 0.479 e. The molecule has 0 saturated heterocycles. The number of nitrogens with zero attached hydrogens (tertiary/aromatic N) is 2. The van der Waals surface area contributed by atoms with Crippen LogP contribution in [-0.2, 0) is 14.4 Å². The van der Waals surface area contributed by atoms with E-state index in [9.17, 15) is 14.4 Å². The summed E-state index contributed by atoms with van der Waals surface area (Å²) < 4.78 is 0. The van der Waals surface area contributed by atoms with Crippen molar-refractivity contribution in [2.24, 2.45) is 10.2 Å². The third-order valence-corrected chi connectivity index (χ3v) is 1.91. The molecule has 0 fully saturated rings. The van der Waals surface area contributed by atoms with Crippen molar-refractivity contribution in [1.82, 2.24) is 0 Å². The van der Waals surface area contributed by atoms with Crippen molar-refractivity contribution in [2.45, 2.75) is 12.5 Å². The number of carbonyl (C=O) groups is 3. The van der Waals surface area contributed by atoms with Gasteiger partial charge in [0.15, 0.2) is 5.70 Å². The molecule has 0 amide bonds. The Morgan fingerprint density at radius 1 is 1.13 bits per heavy atom. The number of carboxylic acids is 3. The van der Waals surface area contributed by atoms with Crippen molar-refractivity contribution >= 4 is 17.9 Å². The second kappa shape index (κ2) is 3.15. The summed E-state index contributed by atoms with van der Waals surface area (Å²) in [4.78, 5) is 32.1. The lowest BCUT2D eigenvalue weighted by molar-refractivity contribution is -0.144.